The number of anilines is 2. The summed E-state index contributed by atoms with van der Waals surface area (Å²) in [7, 11) is 0. The van der Waals surface area contributed by atoms with Gasteiger partial charge in [0.2, 0.25) is 5.95 Å². The van der Waals surface area contributed by atoms with Crippen LogP contribution < -0.4 is 10.6 Å². The lowest BCUT2D eigenvalue weighted by Gasteiger charge is -2.15. The molecule has 0 aliphatic heterocycles. The van der Waals surface area contributed by atoms with E-state index >= 15 is 0 Å². The zero-order chi connectivity index (χ0) is 15.4. The van der Waals surface area contributed by atoms with E-state index in [2.05, 4.69) is 34.4 Å². The summed E-state index contributed by atoms with van der Waals surface area (Å²) in [6, 6.07) is 2.08. The highest BCUT2D eigenvalue weighted by Gasteiger charge is 2.15. The van der Waals surface area contributed by atoms with E-state index in [9.17, 15) is 0 Å². The second kappa shape index (κ2) is 6.80. The molecule has 0 bridgehead atoms. The van der Waals surface area contributed by atoms with Gasteiger partial charge < -0.3 is 15.1 Å². The Balaban J connectivity index is 2.16. The van der Waals surface area contributed by atoms with Crippen LogP contribution in [0.15, 0.2) is 16.7 Å². The maximum atomic E-state index is 6.17. The van der Waals surface area contributed by atoms with Crippen molar-refractivity contribution in [2.75, 3.05) is 17.2 Å². The molecular formula is C15H21ClN4O. The summed E-state index contributed by atoms with van der Waals surface area (Å²) in [4.78, 5) is 8.58. The summed E-state index contributed by atoms with van der Waals surface area (Å²) in [6.45, 7) is 8.86. The van der Waals surface area contributed by atoms with Crippen molar-refractivity contribution in [1.29, 1.82) is 0 Å². The molecule has 5 nitrogen and oxygen atoms in total. The van der Waals surface area contributed by atoms with Gasteiger partial charge in [0.25, 0.3) is 0 Å². The Morgan fingerprint density at radius 1 is 1.38 bits per heavy atom. The first-order chi connectivity index (χ1) is 10.0. The number of furan rings is 1. The van der Waals surface area contributed by atoms with Crippen molar-refractivity contribution in [2.24, 2.45) is 0 Å². The predicted molar refractivity (Wildman–Crippen MR) is 86.0 cm³/mol. The fourth-order valence-electron chi connectivity index (χ4n) is 2.15. The van der Waals surface area contributed by atoms with E-state index in [4.69, 9.17) is 16.0 Å². The zero-order valence-corrected chi connectivity index (χ0v) is 13.6. The van der Waals surface area contributed by atoms with Gasteiger partial charge in [0.1, 0.15) is 16.5 Å². The monoisotopic (exact) mass is 308 g/mol. The molecule has 0 saturated heterocycles. The number of nitrogens with zero attached hydrogens (tertiary/aromatic N) is 2. The maximum Gasteiger partial charge on any atom is 0.224 e. The summed E-state index contributed by atoms with van der Waals surface area (Å²) in [5.74, 6) is 3.00. The maximum absolute atomic E-state index is 6.17. The molecular weight excluding hydrogens is 288 g/mol. The molecule has 0 radical (unpaired) electrons. The third-order valence-electron chi connectivity index (χ3n) is 3.18. The van der Waals surface area contributed by atoms with Crippen molar-refractivity contribution in [3.8, 4) is 0 Å². The van der Waals surface area contributed by atoms with E-state index in [0.717, 1.165) is 30.0 Å². The van der Waals surface area contributed by atoms with Crippen LogP contribution in [0.3, 0.4) is 0 Å². The molecule has 0 aliphatic rings. The highest BCUT2D eigenvalue weighted by Crippen LogP contribution is 2.27. The van der Waals surface area contributed by atoms with Crippen LogP contribution >= 0.6 is 11.6 Å². The van der Waals surface area contributed by atoms with Crippen LogP contribution in [-0.2, 0) is 0 Å². The fourth-order valence-corrected chi connectivity index (χ4v) is 2.30. The van der Waals surface area contributed by atoms with E-state index < -0.39 is 0 Å². The molecule has 0 saturated carbocycles. The van der Waals surface area contributed by atoms with Gasteiger partial charge in [-0.15, -0.1) is 0 Å². The molecule has 21 heavy (non-hydrogen) atoms. The van der Waals surface area contributed by atoms with Gasteiger partial charge in [-0.2, -0.15) is 4.98 Å². The smallest absolute Gasteiger partial charge is 0.224 e. The van der Waals surface area contributed by atoms with Crippen LogP contribution in [0.2, 0.25) is 5.02 Å². The van der Waals surface area contributed by atoms with Crippen LogP contribution in [0.4, 0.5) is 11.8 Å². The fraction of sp³-hybridized carbons (Fsp3) is 0.467. The number of halogens is 1. The third kappa shape index (κ3) is 3.88. The molecule has 114 valence electrons. The predicted octanol–water partition coefficient (Wildman–Crippen LogP) is 4.33. The molecule has 2 aromatic heterocycles. The lowest BCUT2D eigenvalue weighted by atomic mass is 10.1. The minimum atomic E-state index is 0.0499. The van der Waals surface area contributed by atoms with Crippen molar-refractivity contribution in [3.05, 3.63) is 34.4 Å². The first-order valence-corrected chi connectivity index (χ1v) is 7.49. The van der Waals surface area contributed by atoms with Gasteiger partial charge in [-0.3, -0.25) is 0 Å². The first-order valence-electron chi connectivity index (χ1n) is 7.11. The van der Waals surface area contributed by atoms with Gasteiger partial charge in [0.15, 0.2) is 5.82 Å². The van der Waals surface area contributed by atoms with E-state index in [1.807, 2.05) is 19.9 Å². The van der Waals surface area contributed by atoms with Crippen molar-refractivity contribution in [2.45, 2.75) is 40.2 Å². The molecule has 1 atom stereocenters. The van der Waals surface area contributed by atoms with Crippen molar-refractivity contribution in [3.63, 3.8) is 0 Å². The molecule has 2 rings (SSSR count). The standard InChI is InChI=1S/C15H21ClN4O/c1-5-6-17-15-18-8-13(16)14(20-15)19-10(3)12-7-9(2)21-11(12)4/h7-8,10H,5-6H2,1-4H3,(H2,17,18,19,20). The van der Waals surface area contributed by atoms with Gasteiger partial charge in [-0.05, 0) is 33.3 Å². The molecule has 0 amide bonds. The van der Waals surface area contributed by atoms with Gasteiger partial charge in [0, 0.05) is 12.1 Å². The van der Waals surface area contributed by atoms with Crippen LogP contribution in [0.5, 0.6) is 0 Å². The lowest BCUT2D eigenvalue weighted by Crippen LogP contribution is -2.11. The topological polar surface area (TPSA) is 63.0 Å². The second-order valence-electron chi connectivity index (χ2n) is 5.05. The number of hydrogen-bond donors (Lipinski definition) is 2. The largest absolute Gasteiger partial charge is 0.466 e. The van der Waals surface area contributed by atoms with Crippen LogP contribution in [0.25, 0.3) is 0 Å². The van der Waals surface area contributed by atoms with Crippen molar-refractivity contribution < 1.29 is 4.42 Å². The lowest BCUT2D eigenvalue weighted by molar-refractivity contribution is 0.500. The van der Waals surface area contributed by atoms with E-state index in [1.54, 1.807) is 6.20 Å². The molecule has 6 heteroatoms. The number of aryl methyl sites for hydroxylation is 2. The van der Waals surface area contributed by atoms with E-state index in [0.29, 0.717) is 16.8 Å². The zero-order valence-electron chi connectivity index (χ0n) is 12.8. The van der Waals surface area contributed by atoms with Crippen molar-refractivity contribution in [1.82, 2.24) is 9.97 Å². The van der Waals surface area contributed by atoms with E-state index in [1.165, 1.54) is 0 Å². The van der Waals surface area contributed by atoms with Crippen LogP contribution in [0.1, 0.15) is 43.4 Å². The summed E-state index contributed by atoms with van der Waals surface area (Å²) in [5.41, 5.74) is 1.10. The van der Waals surface area contributed by atoms with Gasteiger partial charge in [-0.1, -0.05) is 18.5 Å². The SMILES string of the molecule is CCCNc1ncc(Cl)c(NC(C)c2cc(C)oc2C)n1. The normalized spacial score (nSPS) is 12.2. The Morgan fingerprint density at radius 3 is 2.76 bits per heavy atom. The van der Waals surface area contributed by atoms with E-state index in [-0.39, 0.29) is 6.04 Å². The Labute approximate surface area is 130 Å². The summed E-state index contributed by atoms with van der Waals surface area (Å²) in [6.07, 6.45) is 2.62. The molecule has 0 spiro atoms. The quantitative estimate of drug-likeness (QED) is 0.831. The molecule has 2 N–H and O–H groups in total. The number of nitrogens with one attached hydrogen (secondary N) is 2. The average molecular weight is 309 g/mol. The van der Waals surface area contributed by atoms with Gasteiger partial charge in [-0.25, -0.2) is 4.98 Å². The minimum absolute atomic E-state index is 0.0499. The van der Waals surface area contributed by atoms with Crippen molar-refractivity contribution >= 4 is 23.4 Å². The summed E-state index contributed by atoms with van der Waals surface area (Å²) >= 11 is 6.17. The minimum Gasteiger partial charge on any atom is -0.466 e. The highest BCUT2D eigenvalue weighted by molar-refractivity contribution is 6.32. The van der Waals surface area contributed by atoms with Gasteiger partial charge >= 0.3 is 0 Å². The molecule has 0 fully saturated rings. The molecule has 2 heterocycles. The molecule has 1 unspecified atom stereocenters. The number of aromatic nitrogens is 2. The average Bonchev–Trinajstić information content (AvgIpc) is 2.78. The highest BCUT2D eigenvalue weighted by atomic mass is 35.5. The summed E-state index contributed by atoms with van der Waals surface area (Å²) in [5, 5.41) is 6.97. The molecule has 2 aromatic rings. The second-order valence-corrected chi connectivity index (χ2v) is 5.46. The Morgan fingerprint density at radius 2 is 2.14 bits per heavy atom. The Bertz CT molecular complexity index is 612. The summed E-state index contributed by atoms with van der Waals surface area (Å²) < 4.78 is 5.56. The van der Waals surface area contributed by atoms with Crippen LogP contribution in [-0.4, -0.2) is 16.5 Å². The molecule has 0 aromatic carbocycles. The number of rotatable bonds is 6. The third-order valence-corrected chi connectivity index (χ3v) is 3.45. The Kier molecular flexibility index (Phi) is 5.07. The Hall–Kier alpha value is -1.75. The molecule has 0 aliphatic carbocycles. The first kappa shape index (κ1) is 15.6. The van der Waals surface area contributed by atoms with Gasteiger partial charge in [0.05, 0.1) is 12.2 Å². The number of hydrogen-bond acceptors (Lipinski definition) is 5. The van der Waals surface area contributed by atoms with Crippen LogP contribution in [0, 0.1) is 13.8 Å².